The van der Waals surface area contributed by atoms with Crippen LogP contribution in [0.1, 0.15) is 5.56 Å². The number of hydrogen-bond acceptors (Lipinski definition) is 5. The van der Waals surface area contributed by atoms with Gasteiger partial charge in [0, 0.05) is 28.3 Å². The number of benzene rings is 1. The number of nitrogens with zero attached hydrogens (tertiary/aromatic N) is 2. The fourth-order valence-electron chi connectivity index (χ4n) is 1.70. The van der Waals surface area contributed by atoms with Crippen molar-refractivity contribution >= 4 is 12.1 Å². The van der Waals surface area contributed by atoms with Crippen LogP contribution in [0.2, 0.25) is 0 Å². The largest absolute Gasteiger partial charge is 0.444 e. The molecule has 7 heteroatoms. The third-order valence-corrected chi connectivity index (χ3v) is 3.04. The zero-order valence-corrected chi connectivity index (χ0v) is 13.3. The van der Waals surface area contributed by atoms with E-state index in [1.165, 1.54) is 26.2 Å². The quantitative estimate of drug-likeness (QED) is 0.751. The number of carbonyl (C=O) groups is 2. The second-order valence-electron chi connectivity index (χ2n) is 4.66. The predicted molar refractivity (Wildman–Crippen MR) is 80.2 cm³/mol. The van der Waals surface area contributed by atoms with E-state index in [0.717, 1.165) is 10.5 Å². The molecule has 0 aliphatic heterocycles. The van der Waals surface area contributed by atoms with Crippen LogP contribution >= 0.6 is 0 Å². The first-order valence-electron chi connectivity index (χ1n) is 6.74. The third kappa shape index (κ3) is 5.34. The average molecular weight is 310 g/mol. The number of urea groups is 1. The number of amides is 3. The maximum atomic E-state index is 12.1. The van der Waals surface area contributed by atoms with E-state index in [0.29, 0.717) is 0 Å². The van der Waals surface area contributed by atoms with Crippen LogP contribution < -0.4 is 0 Å². The standard InChI is InChI=1S/C15H22N2O5/c1-16(10-13(20-3)21-4)14(18)17(2)15(19)22-11-12-8-6-5-7-9-12/h5-9,13H,10-11H2,1-4H3. The van der Waals surface area contributed by atoms with Crippen molar-refractivity contribution in [2.45, 2.75) is 12.9 Å². The molecule has 0 unspecified atom stereocenters. The summed E-state index contributed by atoms with van der Waals surface area (Å²) < 4.78 is 15.1. The summed E-state index contributed by atoms with van der Waals surface area (Å²) in [6, 6.07) is 8.74. The Morgan fingerprint density at radius 3 is 2.23 bits per heavy atom. The molecule has 122 valence electrons. The van der Waals surface area contributed by atoms with Gasteiger partial charge in [-0.25, -0.2) is 14.5 Å². The Morgan fingerprint density at radius 1 is 1.09 bits per heavy atom. The Labute approximate surface area is 130 Å². The molecule has 7 nitrogen and oxygen atoms in total. The zero-order valence-electron chi connectivity index (χ0n) is 13.3. The van der Waals surface area contributed by atoms with Crippen molar-refractivity contribution in [1.82, 2.24) is 9.80 Å². The Balaban J connectivity index is 2.49. The van der Waals surface area contributed by atoms with Crippen molar-refractivity contribution < 1.29 is 23.8 Å². The number of rotatable bonds is 6. The van der Waals surface area contributed by atoms with Crippen LogP contribution in [0.3, 0.4) is 0 Å². The number of ether oxygens (including phenoxy) is 3. The number of likely N-dealkylation sites (N-methyl/N-ethyl adjacent to an activating group) is 1. The van der Waals surface area contributed by atoms with E-state index in [4.69, 9.17) is 14.2 Å². The van der Waals surface area contributed by atoms with Crippen molar-refractivity contribution in [3.63, 3.8) is 0 Å². The number of methoxy groups -OCH3 is 2. The molecule has 0 saturated heterocycles. The minimum atomic E-state index is -0.716. The second-order valence-corrected chi connectivity index (χ2v) is 4.66. The van der Waals surface area contributed by atoms with Gasteiger partial charge in [-0.05, 0) is 5.56 Å². The smallest absolute Gasteiger partial charge is 0.418 e. The van der Waals surface area contributed by atoms with E-state index >= 15 is 0 Å². The van der Waals surface area contributed by atoms with Crippen LogP contribution in [0.25, 0.3) is 0 Å². The maximum absolute atomic E-state index is 12.1. The first-order chi connectivity index (χ1) is 10.5. The van der Waals surface area contributed by atoms with Gasteiger partial charge < -0.3 is 19.1 Å². The van der Waals surface area contributed by atoms with E-state index in [2.05, 4.69) is 0 Å². The van der Waals surface area contributed by atoms with Crippen molar-refractivity contribution in [3.8, 4) is 0 Å². The monoisotopic (exact) mass is 310 g/mol. The summed E-state index contributed by atoms with van der Waals surface area (Å²) in [6.07, 6.45) is -1.27. The van der Waals surface area contributed by atoms with Gasteiger partial charge in [-0.3, -0.25) is 0 Å². The van der Waals surface area contributed by atoms with Gasteiger partial charge in [0.1, 0.15) is 6.61 Å². The highest BCUT2D eigenvalue weighted by atomic mass is 16.7. The Bertz CT molecular complexity index is 476. The van der Waals surface area contributed by atoms with Gasteiger partial charge >= 0.3 is 12.1 Å². The summed E-state index contributed by atoms with van der Waals surface area (Å²) >= 11 is 0. The Hall–Kier alpha value is -2.12. The second kappa shape index (κ2) is 9.01. The van der Waals surface area contributed by atoms with Gasteiger partial charge in [0.25, 0.3) is 0 Å². The Kier molecular flexibility index (Phi) is 7.34. The van der Waals surface area contributed by atoms with Crippen LogP contribution in [-0.4, -0.2) is 63.1 Å². The van der Waals surface area contributed by atoms with E-state index in [1.807, 2.05) is 30.3 Å². The van der Waals surface area contributed by atoms with Crippen molar-refractivity contribution in [3.05, 3.63) is 35.9 Å². The molecule has 0 bridgehead atoms. The van der Waals surface area contributed by atoms with Gasteiger partial charge in [0.05, 0.1) is 6.54 Å². The third-order valence-electron chi connectivity index (χ3n) is 3.04. The normalized spacial score (nSPS) is 10.4. The molecule has 1 aromatic rings. The average Bonchev–Trinajstić information content (AvgIpc) is 2.56. The maximum Gasteiger partial charge on any atom is 0.418 e. The molecule has 0 fully saturated rings. The molecule has 0 aliphatic carbocycles. The van der Waals surface area contributed by atoms with Gasteiger partial charge in [0.15, 0.2) is 6.29 Å². The van der Waals surface area contributed by atoms with Crippen molar-refractivity contribution in [1.29, 1.82) is 0 Å². The summed E-state index contributed by atoms with van der Waals surface area (Å²) in [5, 5.41) is 0. The van der Waals surface area contributed by atoms with Crippen LogP contribution in [0, 0.1) is 0 Å². The molecule has 0 atom stereocenters. The SMILES string of the molecule is COC(CN(C)C(=O)N(C)C(=O)OCc1ccccc1)OC. The molecular weight excluding hydrogens is 288 g/mol. The minimum Gasteiger partial charge on any atom is -0.444 e. The summed E-state index contributed by atoms with van der Waals surface area (Å²) in [5.41, 5.74) is 0.851. The first-order valence-corrected chi connectivity index (χ1v) is 6.74. The lowest BCUT2D eigenvalue weighted by Crippen LogP contribution is -2.45. The summed E-state index contributed by atoms with van der Waals surface area (Å²) in [4.78, 5) is 26.2. The van der Waals surface area contributed by atoms with Gasteiger partial charge in [0.2, 0.25) is 0 Å². The van der Waals surface area contributed by atoms with E-state index in [9.17, 15) is 9.59 Å². The first kappa shape index (κ1) is 17.9. The van der Waals surface area contributed by atoms with Crippen molar-refractivity contribution in [2.75, 3.05) is 34.9 Å². The molecule has 0 radical (unpaired) electrons. The van der Waals surface area contributed by atoms with Gasteiger partial charge in [-0.1, -0.05) is 30.3 Å². The molecule has 0 saturated carbocycles. The summed E-state index contributed by atoms with van der Waals surface area (Å²) in [7, 11) is 5.86. The molecule has 0 heterocycles. The molecule has 3 amide bonds. The van der Waals surface area contributed by atoms with E-state index < -0.39 is 18.4 Å². The fraction of sp³-hybridized carbons (Fsp3) is 0.467. The molecule has 0 spiro atoms. The predicted octanol–water partition coefficient (Wildman–Crippen LogP) is 1.93. The minimum absolute atomic E-state index is 0.111. The van der Waals surface area contributed by atoms with Crippen LogP contribution in [0.15, 0.2) is 30.3 Å². The highest BCUT2D eigenvalue weighted by Gasteiger charge is 2.23. The Morgan fingerprint density at radius 2 is 1.68 bits per heavy atom. The molecule has 0 aliphatic rings. The molecule has 0 N–H and O–H groups in total. The zero-order chi connectivity index (χ0) is 16.5. The highest BCUT2D eigenvalue weighted by Crippen LogP contribution is 2.05. The fourth-order valence-corrected chi connectivity index (χ4v) is 1.70. The molecule has 1 rings (SSSR count). The molecule has 0 aromatic heterocycles. The molecular formula is C15H22N2O5. The number of imide groups is 1. The summed E-state index contributed by atoms with van der Waals surface area (Å²) in [6.45, 7) is 0.307. The number of carbonyl (C=O) groups excluding carboxylic acids is 2. The van der Waals surface area contributed by atoms with Gasteiger partial charge in [-0.15, -0.1) is 0 Å². The molecule has 1 aromatic carbocycles. The molecule has 22 heavy (non-hydrogen) atoms. The number of hydrogen-bond donors (Lipinski definition) is 0. The lowest BCUT2D eigenvalue weighted by Gasteiger charge is -2.25. The van der Waals surface area contributed by atoms with E-state index in [1.54, 1.807) is 7.05 Å². The highest BCUT2D eigenvalue weighted by molar-refractivity contribution is 5.90. The summed E-state index contributed by atoms with van der Waals surface area (Å²) in [5.74, 6) is 0. The van der Waals surface area contributed by atoms with Crippen LogP contribution in [-0.2, 0) is 20.8 Å². The topological polar surface area (TPSA) is 68.3 Å². The van der Waals surface area contributed by atoms with E-state index in [-0.39, 0.29) is 13.2 Å². The van der Waals surface area contributed by atoms with Crippen LogP contribution in [0.5, 0.6) is 0 Å². The van der Waals surface area contributed by atoms with Gasteiger partial charge in [-0.2, -0.15) is 0 Å². The lowest BCUT2D eigenvalue weighted by molar-refractivity contribution is -0.110. The van der Waals surface area contributed by atoms with Crippen LogP contribution in [0.4, 0.5) is 9.59 Å². The lowest BCUT2D eigenvalue weighted by atomic mass is 10.2. The van der Waals surface area contributed by atoms with Crippen molar-refractivity contribution in [2.24, 2.45) is 0 Å².